The molecule has 0 heterocycles. The molecule has 0 radical (unpaired) electrons. The number of aryl methyl sites for hydroxylation is 1. The van der Waals surface area contributed by atoms with Crippen LogP contribution in [0.25, 0.3) is 11.1 Å². The van der Waals surface area contributed by atoms with Gasteiger partial charge in [-0.2, -0.15) is 5.10 Å². The van der Waals surface area contributed by atoms with Crippen molar-refractivity contribution in [2.24, 2.45) is 5.10 Å². The fourth-order valence-corrected chi connectivity index (χ4v) is 2.43. The molecule has 5 heteroatoms. The first-order valence-electron chi connectivity index (χ1n) is 7.34. The fraction of sp³-hybridized carbons (Fsp3) is 0.222. The molecule has 0 bridgehead atoms. The minimum Gasteiger partial charge on any atom is -0.378 e. The van der Waals surface area contributed by atoms with E-state index < -0.39 is 0 Å². The third kappa shape index (κ3) is 4.02. The maximum atomic E-state index is 14.6. The Morgan fingerprint density at radius 2 is 2.04 bits per heavy atom. The molecular formula is C18H19FN2O2. The lowest BCUT2D eigenvalue weighted by atomic mass is 9.96. The molecule has 0 aliphatic heterocycles. The van der Waals surface area contributed by atoms with Gasteiger partial charge in [0.25, 0.3) is 0 Å². The van der Waals surface area contributed by atoms with Gasteiger partial charge in [0.1, 0.15) is 5.82 Å². The summed E-state index contributed by atoms with van der Waals surface area (Å²) in [6, 6.07) is 12.7. The molecule has 0 aliphatic carbocycles. The molecule has 0 aromatic heterocycles. The second-order valence-corrected chi connectivity index (χ2v) is 4.94. The molecule has 120 valence electrons. The summed E-state index contributed by atoms with van der Waals surface area (Å²) in [5.41, 5.74) is 5.76. The second kappa shape index (κ2) is 8.19. The van der Waals surface area contributed by atoms with Crippen LogP contribution in [-0.2, 0) is 16.0 Å². The molecule has 0 atom stereocenters. The van der Waals surface area contributed by atoms with Gasteiger partial charge in [-0.25, -0.2) is 9.82 Å². The number of nitrogens with zero attached hydrogens (tertiary/aromatic N) is 1. The molecule has 23 heavy (non-hydrogen) atoms. The normalized spacial score (nSPS) is 11.3. The molecule has 0 saturated heterocycles. The van der Waals surface area contributed by atoms with Gasteiger partial charge in [-0.15, -0.1) is 0 Å². The van der Waals surface area contributed by atoms with Crippen LogP contribution in [0.4, 0.5) is 4.39 Å². The average molecular weight is 314 g/mol. The van der Waals surface area contributed by atoms with E-state index in [1.54, 1.807) is 12.1 Å². The zero-order valence-corrected chi connectivity index (χ0v) is 13.2. The van der Waals surface area contributed by atoms with Gasteiger partial charge in [0, 0.05) is 18.2 Å². The number of ether oxygens (including phenoxy) is 1. The van der Waals surface area contributed by atoms with Crippen LogP contribution in [0.1, 0.15) is 18.1 Å². The number of hydrazone groups is 1. The van der Waals surface area contributed by atoms with Crippen LogP contribution in [0.3, 0.4) is 0 Å². The highest BCUT2D eigenvalue weighted by Gasteiger charge is 2.12. The zero-order valence-electron chi connectivity index (χ0n) is 13.2. The van der Waals surface area contributed by atoms with Crippen molar-refractivity contribution in [1.29, 1.82) is 0 Å². The van der Waals surface area contributed by atoms with E-state index in [2.05, 4.69) is 10.5 Å². The number of rotatable bonds is 7. The topological polar surface area (TPSA) is 50.7 Å². The van der Waals surface area contributed by atoms with Crippen LogP contribution in [0.5, 0.6) is 0 Å². The standard InChI is InChI=1S/C18H19FN2O2/c1-3-13-6-4-5-7-15(13)16-9-8-14(10-17(16)19)18(11-23-2)21-20-12-22/h4-10,12H,3,11H2,1-2H3,(H,20,22)/b21-18+. The lowest BCUT2D eigenvalue weighted by Gasteiger charge is -2.11. The van der Waals surface area contributed by atoms with Gasteiger partial charge >= 0.3 is 0 Å². The van der Waals surface area contributed by atoms with Crippen LogP contribution in [0.2, 0.25) is 0 Å². The summed E-state index contributed by atoms with van der Waals surface area (Å²) in [4.78, 5) is 10.4. The highest BCUT2D eigenvalue weighted by atomic mass is 19.1. The van der Waals surface area contributed by atoms with E-state index in [-0.39, 0.29) is 12.4 Å². The van der Waals surface area contributed by atoms with Gasteiger partial charge in [-0.3, -0.25) is 4.79 Å². The van der Waals surface area contributed by atoms with Gasteiger partial charge in [0.2, 0.25) is 6.41 Å². The van der Waals surface area contributed by atoms with E-state index in [0.29, 0.717) is 23.2 Å². The summed E-state index contributed by atoms with van der Waals surface area (Å²) in [7, 11) is 1.51. The van der Waals surface area contributed by atoms with Crippen LogP contribution in [0, 0.1) is 5.82 Å². The summed E-state index contributed by atoms with van der Waals surface area (Å²) in [6.07, 6.45) is 1.29. The number of hydrogen-bond acceptors (Lipinski definition) is 3. The fourth-order valence-electron chi connectivity index (χ4n) is 2.43. The van der Waals surface area contributed by atoms with E-state index in [4.69, 9.17) is 4.74 Å². The van der Waals surface area contributed by atoms with Crippen molar-refractivity contribution in [3.63, 3.8) is 0 Å². The predicted molar refractivity (Wildman–Crippen MR) is 88.8 cm³/mol. The largest absolute Gasteiger partial charge is 0.378 e. The molecule has 2 rings (SSSR count). The maximum Gasteiger partial charge on any atom is 0.227 e. The molecule has 0 unspecified atom stereocenters. The Morgan fingerprint density at radius 3 is 2.70 bits per heavy atom. The minimum atomic E-state index is -0.335. The number of hydrogen-bond donors (Lipinski definition) is 1. The molecule has 0 aliphatic rings. The summed E-state index contributed by atoms with van der Waals surface area (Å²) in [5, 5.41) is 3.89. The van der Waals surface area contributed by atoms with E-state index in [1.807, 2.05) is 31.2 Å². The molecule has 1 N–H and O–H groups in total. The van der Waals surface area contributed by atoms with Crippen molar-refractivity contribution in [3.05, 3.63) is 59.4 Å². The first-order valence-corrected chi connectivity index (χ1v) is 7.34. The van der Waals surface area contributed by atoms with E-state index >= 15 is 0 Å². The highest BCUT2D eigenvalue weighted by Crippen LogP contribution is 2.27. The van der Waals surface area contributed by atoms with Crippen molar-refractivity contribution < 1.29 is 13.9 Å². The molecule has 0 saturated carbocycles. The molecule has 0 fully saturated rings. The Labute approximate surface area is 135 Å². The number of methoxy groups -OCH3 is 1. The van der Waals surface area contributed by atoms with Crippen molar-refractivity contribution in [2.45, 2.75) is 13.3 Å². The lowest BCUT2D eigenvalue weighted by Crippen LogP contribution is -2.15. The Hall–Kier alpha value is -2.53. The first kappa shape index (κ1) is 16.8. The molecule has 2 aromatic carbocycles. The Morgan fingerprint density at radius 1 is 1.26 bits per heavy atom. The van der Waals surface area contributed by atoms with Gasteiger partial charge in [-0.1, -0.05) is 43.3 Å². The third-order valence-electron chi connectivity index (χ3n) is 3.52. The molecule has 4 nitrogen and oxygen atoms in total. The summed E-state index contributed by atoms with van der Waals surface area (Å²) in [5.74, 6) is -0.335. The number of nitrogens with one attached hydrogen (secondary N) is 1. The van der Waals surface area contributed by atoms with Crippen LogP contribution < -0.4 is 5.43 Å². The van der Waals surface area contributed by atoms with Crippen molar-refractivity contribution >= 4 is 12.1 Å². The monoisotopic (exact) mass is 314 g/mol. The first-order chi connectivity index (χ1) is 11.2. The average Bonchev–Trinajstić information content (AvgIpc) is 2.58. The lowest BCUT2D eigenvalue weighted by molar-refractivity contribution is -0.109. The van der Waals surface area contributed by atoms with E-state index in [9.17, 15) is 9.18 Å². The number of carbonyl (C=O) groups is 1. The second-order valence-electron chi connectivity index (χ2n) is 4.94. The number of benzene rings is 2. The van der Waals surface area contributed by atoms with Crippen molar-refractivity contribution in [3.8, 4) is 11.1 Å². The van der Waals surface area contributed by atoms with E-state index in [1.165, 1.54) is 13.2 Å². The molecule has 2 aromatic rings. The quantitative estimate of drug-likeness (QED) is 0.485. The molecule has 1 amide bonds. The maximum absolute atomic E-state index is 14.6. The van der Waals surface area contributed by atoms with Crippen molar-refractivity contribution in [2.75, 3.05) is 13.7 Å². The Bertz CT molecular complexity index is 714. The SMILES string of the molecule is CCc1ccccc1-c1ccc(/C(COC)=N/NC=O)cc1F. The Balaban J connectivity index is 2.42. The molecular weight excluding hydrogens is 295 g/mol. The van der Waals surface area contributed by atoms with Gasteiger partial charge < -0.3 is 4.74 Å². The summed E-state index contributed by atoms with van der Waals surface area (Å²) in [6.45, 7) is 2.21. The smallest absolute Gasteiger partial charge is 0.227 e. The van der Waals surface area contributed by atoms with Crippen LogP contribution in [-0.4, -0.2) is 25.8 Å². The third-order valence-corrected chi connectivity index (χ3v) is 3.52. The predicted octanol–water partition coefficient (Wildman–Crippen LogP) is 3.15. The van der Waals surface area contributed by atoms with Gasteiger partial charge in [-0.05, 0) is 23.6 Å². The zero-order chi connectivity index (χ0) is 16.7. The number of halogens is 1. The highest BCUT2D eigenvalue weighted by molar-refractivity contribution is 6.02. The van der Waals surface area contributed by atoms with Gasteiger partial charge in [0.15, 0.2) is 0 Å². The van der Waals surface area contributed by atoms with E-state index in [0.717, 1.165) is 17.5 Å². The number of carbonyl (C=O) groups excluding carboxylic acids is 1. The Kier molecular flexibility index (Phi) is 6.00. The van der Waals surface area contributed by atoms with Gasteiger partial charge in [0.05, 0.1) is 12.3 Å². The van der Waals surface area contributed by atoms with Crippen molar-refractivity contribution in [1.82, 2.24) is 5.43 Å². The minimum absolute atomic E-state index is 0.172. The van der Waals surface area contributed by atoms with Crippen LogP contribution in [0.15, 0.2) is 47.6 Å². The molecule has 0 spiro atoms. The summed E-state index contributed by atoms with van der Waals surface area (Å²) < 4.78 is 19.6. The number of amides is 1. The summed E-state index contributed by atoms with van der Waals surface area (Å²) >= 11 is 0. The van der Waals surface area contributed by atoms with Crippen LogP contribution >= 0.6 is 0 Å².